The largest absolute Gasteiger partial charge is 0.339 e. The summed E-state index contributed by atoms with van der Waals surface area (Å²) in [6, 6.07) is 4.93. The van der Waals surface area contributed by atoms with Crippen LogP contribution in [0.3, 0.4) is 0 Å². The first-order valence-electron chi connectivity index (χ1n) is 8.05. The third-order valence-corrected chi connectivity index (χ3v) is 8.70. The Kier molecular flexibility index (Phi) is 4.24. The topological polar surface area (TPSA) is 83.5 Å². The van der Waals surface area contributed by atoms with Gasteiger partial charge in [-0.05, 0) is 25.5 Å². The van der Waals surface area contributed by atoms with Gasteiger partial charge in [0.05, 0.1) is 17.1 Å². The van der Waals surface area contributed by atoms with E-state index in [9.17, 15) is 13.2 Å². The monoisotopic (exact) mass is 434 g/mol. The van der Waals surface area contributed by atoms with Crippen molar-refractivity contribution in [3.05, 3.63) is 18.2 Å². The molecule has 2 aliphatic rings. The first-order chi connectivity index (χ1) is 12.2. The molecule has 0 bridgehead atoms. The Labute approximate surface area is 165 Å². The highest BCUT2D eigenvalue weighted by atomic mass is 35.5. The molecular weight excluding hydrogens is 419 g/mol. The first-order valence-corrected chi connectivity index (χ1v) is 11.0. The molecule has 1 aromatic heterocycles. The molecule has 140 valence electrons. The Bertz CT molecular complexity index is 986. The number of piperazine rings is 1. The zero-order chi connectivity index (χ0) is 18.7. The molecular formula is C15H16Cl2N4O3S2. The highest BCUT2D eigenvalue weighted by Crippen LogP contribution is 2.64. The van der Waals surface area contributed by atoms with Crippen molar-refractivity contribution >= 4 is 61.9 Å². The van der Waals surface area contributed by atoms with E-state index < -0.39 is 19.8 Å². The van der Waals surface area contributed by atoms with Crippen LogP contribution in [-0.4, -0.2) is 62.8 Å². The van der Waals surface area contributed by atoms with E-state index in [0.29, 0.717) is 30.5 Å². The van der Waals surface area contributed by atoms with Gasteiger partial charge in [-0.25, -0.2) is 8.42 Å². The number of nitrogens with zero attached hydrogens (tertiary/aromatic N) is 4. The summed E-state index contributed by atoms with van der Waals surface area (Å²) in [5.41, 5.74) is 0.164. The number of rotatable bonds is 3. The summed E-state index contributed by atoms with van der Waals surface area (Å²) in [6.07, 6.45) is 0.416. The number of halogens is 2. The molecule has 1 atom stereocenters. The fourth-order valence-corrected chi connectivity index (χ4v) is 6.11. The van der Waals surface area contributed by atoms with Crippen LogP contribution in [0.25, 0.3) is 11.0 Å². The van der Waals surface area contributed by atoms with Gasteiger partial charge in [0, 0.05) is 26.2 Å². The molecule has 1 saturated carbocycles. The van der Waals surface area contributed by atoms with E-state index in [1.807, 2.05) is 0 Å². The van der Waals surface area contributed by atoms with Gasteiger partial charge in [0.15, 0.2) is 0 Å². The van der Waals surface area contributed by atoms with Crippen LogP contribution in [0.1, 0.15) is 13.3 Å². The molecule has 0 N–H and O–H groups in total. The molecule has 1 aromatic carbocycles. The van der Waals surface area contributed by atoms with E-state index >= 15 is 0 Å². The van der Waals surface area contributed by atoms with E-state index in [2.05, 4.69) is 8.75 Å². The van der Waals surface area contributed by atoms with E-state index in [1.165, 1.54) is 10.4 Å². The summed E-state index contributed by atoms with van der Waals surface area (Å²) < 4.78 is 34.6. The Morgan fingerprint density at radius 3 is 2.46 bits per heavy atom. The number of carbonyl (C=O) groups is 1. The van der Waals surface area contributed by atoms with Crippen LogP contribution in [0.15, 0.2) is 23.1 Å². The van der Waals surface area contributed by atoms with Crippen molar-refractivity contribution in [2.75, 3.05) is 26.2 Å². The molecule has 7 nitrogen and oxygen atoms in total. The van der Waals surface area contributed by atoms with Gasteiger partial charge in [-0.1, -0.05) is 6.07 Å². The number of fused-ring (bicyclic) bond motifs is 1. The second kappa shape index (κ2) is 6.00. The normalized spacial score (nSPS) is 26.2. The molecule has 4 rings (SSSR count). The maximum atomic E-state index is 13.0. The van der Waals surface area contributed by atoms with Gasteiger partial charge >= 0.3 is 0 Å². The molecule has 26 heavy (non-hydrogen) atoms. The van der Waals surface area contributed by atoms with Crippen LogP contribution in [0.5, 0.6) is 0 Å². The third-order valence-electron chi connectivity index (χ3n) is 5.12. The van der Waals surface area contributed by atoms with Crippen molar-refractivity contribution in [2.45, 2.75) is 22.6 Å². The predicted molar refractivity (Wildman–Crippen MR) is 99.9 cm³/mol. The molecule has 1 unspecified atom stereocenters. The van der Waals surface area contributed by atoms with Gasteiger partial charge in [0.1, 0.15) is 20.3 Å². The lowest BCUT2D eigenvalue weighted by molar-refractivity contribution is -0.137. The van der Waals surface area contributed by atoms with Crippen LogP contribution in [0, 0.1) is 5.41 Å². The third kappa shape index (κ3) is 2.72. The number of amides is 1. The highest BCUT2D eigenvalue weighted by Gasteiger charge is 2.68. The smallest absolute Gasteiger partial charge is 0.245 e. The summed E-state index contributed by atoms with van der Waals surface area (Å²) in [6.45, 7) is 2.80. The Morgan fingerprint density at radius 2 is 1.85 bits per heavy atom. The van der Waals surface area contributed by atoms with Gasteiger partial charge in [-0.15, -0.1) is 23.2 Å². The zero-order valence-corrected chi connectivity index (χ0v) is 17.0. The maximum Gasteiger partial charge on any atom is 0.245 e. The van der Waals surface area contributed by atoms with Crippen LogP contribution in [0.2, 0.25) is 0 Å². The predicted octanol–water partition coefficient (Wildman–Crippen LogP) is 2.11. The summed E-state index contributed by atoms with van der Waals surface area (Å²) in [5.74, 6) is -0.120. The average molecular weight is 435 g/mol. The molecule has 1 aliphatic carbocycles. The minimum atomic E-state index is -3.70. The average Bonchev–Trinajstić information content (AvgIpc) is 2.97. The number of sulfonamides is 1. The lowest BCUT2D eigenvalue weighted by Crippen LogP contribution is -2.52. The number of hydrogen-bond donors (Lipinski definition) is 0. The van der Waals surface area contributed by atoms with Gasteiger partial charge in [-0.2, -0.15) is 13.1 Å². The lowest BCUT2D eigenvalue weighted by Gasteiger charge is -2.35. The standard InChI is InChI=1S/C15H16Cl2N4O3S2/c1-14(9-15(14,16)17)13(22)20-5-7-21(8-6-20)26(23,24)11-4-2-3-10-12(11)19-25-18-10/h2-4H,5-9H2,1H3. The molecule has 0 spiro atoms. The van der Waals surface area contributed by atoms with E-state index in [0.717, 1.165) is 11.7 Å². The van der Waals surface area contributed by atoms with Crippen molar-refractivity contribution in [3.63, 3.8) is 0 Å². The molecule has 1 aliphatic heterocycles. The van der Waals surface area contributed by atoms with E-state index in [4.69, 9.17) is 23.2 Å². The van der Waals surface area contributed by atoms with Gasteiger partial charge in [0.2, 0.25) is 15.9 Å². The Morgan fingerprint density at radius 1 is 1.19 bits per heavy atom. The van der Waals surface area contributed by atoms with Crippen LogP contribution in [0.4, 0.5) is 0 Å². The highest BCUT2D eigenvalue weighted by molar-refractivity contribution is 7.89. The van der Waals surface area contributed by atoms with Crippen molar-refractivity contribution in [1.29, 1.82) is 0 Å². The summed E-state index contributed by atoms with van der Waals surface area (Å²) in [5, 5.41) is 0. The second-order valence-corrected chi connectivity index (χ2v) is 10.7. The van der Waals surface area contributed by atoms with Gasteiger partial charge in [-0.3, -0.25) is 4.79 Å². The molecule has 2 fully saturated rings. The number of aromatic nitrogens is 2. The maximum absolute atomic E-state index is 13.0. The number of alkyl halides is 2. The van der Waals surface area contributed by atoms with Crippen LogP contribution >= 0.6 is 34.9 Å². The molecule has 1 amide bonds. The first kappa shape index (κ1) is 18.4. The SMILES string of the molecule is CC1(C(=O)N2CCN(S(=O)(=O)c3cccc4nsnc34)CC2)CC1(Cl)Cl. The molecule has 2 aromatic rings. The van der Waals surface area contributed by atoms with E-state index in [1.54, 1.807) is 24.0 Å². The molecule has 11 heteroatoms. The van der Waals surface area contributed by atoms with Crippen molar-refractivity contribution in [2.24, 2.45) is 5.41 Å². The van der Waals surface area contributed by atoms with Crippen molar-refractivity contribution in [1.82, 2.24) is 18.0 Å². The lowest BCUT2D eigenvalue weighted by atomic mass is 10.1. The fourth-order valence-electron chi connectivity index (χ4n) is 3.24. The molecule has 0 radical (unpaired) electrons. The fraction of sp³-hybridized carbons (Fsp3) is 0.533. The summed E-state index contributed by atoms with van der Waals surface area (Å²) in [4.78, 5) is 14.4. The van der Waals surface area contributed by atoms with E-state index in [-0.39, 0.29) is 23.9 Å². The number of benzene rings is 1. The number of carbonyl (C=O) groups excluding carboxylic acids is 1. The second-order valence-electron chi connectivity index (χ2n) is 6.80. The minimum Gasteiger partial charge on any atom is -0.339 e. The van der Waals surface area contributed by atoms with Crippen LogP contribution in [-0.2, 0) is 14.8 Å². The quantitative estimate of drug-likeness (QED) is 0.690. The van der Waals surface area contributed by atoms with Gasteiger partial charge in [0.25, 0.3) is 0 Å². The van der Waals surface area contributed by atoms with Gasteiger partial charge < -0.3 is 4.90 Å². The summed E-state index contributed by atoms with van der Waals surface area (Å²) >= 11 is 13.2. The minimum absolute atomic E-state index is 0.120. The zero-order valence-electron chi connectivity index (χ0n) is 13.9. The van der Waals surface area contributed by atoms with Crippen molar-refractivity contribution < 1.29 is 13.2 Å². The summed E-state index contributed by atoms with van der Waals surface area (Å²) in [7, 11) is -3.70. The Balaban J connectivity index is 1.51. The van der Waals surface area contributed by atoms with Crippen molar-refractivity contribution in [3.8, 4) is 0 Å². The molecule has 2 heterocycles. The Hall–Kier alpha value is -1.00. The number of hydrogen-bond acceptors (Lipinski definition) is 6. The molecule has 1 saturated heterocycles. The van der Waals surface area contributed by atoms with Crippen LogP contribution < -0.4 is 0 Å².